The molecule has 2 aromatic rings. The summed E-state index contributed by atoms with van der Waals surface area (Å²) in [6, 6.07) is 12.5. The van der Waals surface area contributed by atoms with Gasteiger partial charge < -0.3 is 10.6 Å². The van der Waals surface area contributed by atoms with Crippen molar-refractivity contribution in [2.75, 3.05) is 10.6 Å². The zero-order chi connectivity index (χ0) is 18.9. The minimum atomic E-state index is -1.04. The quantitative estimate of drug-likeness (QED) is 0.635. The zero-order valence-corrected chi connectivity index (χ0v) is 15.2. The van der Waals surface area contributed by atoms with Gasteiger partial charge in [-0.2, -0.15) is 0 Å². The summed E-state index contributed by atoms with van der Waals surface area (Å²) in [6.45, 7) is 5.33. The maximum atomic E-state index is 12.8. The summed E-state index contributed by atoms with van der Waals surface area (Å²) in [6.07, 6.45) is 1.03. The second-order valence-electron chi connectivity index (χ2n) is 6.89. The van der Waals surface area contributed by atoms with E-state index in [-0.39, 0.29) is 17.6 Å². The fraction of sp³-hybridized carbons (Fsp3) is 0.286. The highest BCUT2D eigenvalue weighted by Gasteiger charge is 2.56. The number of carbonyl (C=O) groups is 3. The lowest BCUT2D eigenvalue weighted by Gasteiger charge is -2.18. The number of hydrogen-bond acceptors (Lipinski definition) is 3. The Morgan fingerprint density at radius 2 is 1.46 bits per heavy atom. The molecule has 1 aliphatic rings. The number of anilines is 2. The number of rotatable bonds is 5. The first-order valence-corrected chi connectivity index (χ1v) is 8.63. The molecule has 26 heavy (non-hydrogen) atoms. The molecule has 5 nitrogen and oxygen atoms in total. The largest absolute Gasteiger partial charge is 0.325 e. The first-order valence-electron chi connectivity index (χ1n) is 8.63. The van der Waals surface area contributed by atoms with Crippen LogP contribution in [0.25, 0.3) is 0 Å². The van der Waals surface area contributed by atoms with Crippen LogP contribution in [0.5, 0.6) is 0 Å². The molecule has 3 rings (SSSR count). The third kappa shape index (κ3) is 3.38. The van der Waals surface area contributed by atoms with Crippen LogP contribution in [-0.2, 0) is 9.59 Å². The molecule has 1 fully saturated rings. The van der Waals surface area contributed by atoms with E-state index in [0.29, 0.717) is 24.1 Å². The van der Waals surface area contributed by atoms with Crippen LogP contribution in [0.15, 0.2) is 42.5 Å². The number of aryl methyl sites for hydroxylation is 2. The highest BCUT2D eigenvalue weighted by Crippen LogP contribution is 2.47. The number of para-hydroxylation sites is 1. The second kappa shape index (κ2) is 6.75. The van der Waals surface area contributed by atoms with Crippen molar-refractivity contribution in [3.8, 4) is 0 Å². The molecule has 0 aromatic heterocycles. The predicted molar refractivity (Wildman–Crippen MR) is 101 cm³/mol. The van der Waals surface area contributed by atoms with Gasteiger partial charge in [0.2, 0.25) is 11.8 Å². The summed E-state index contributed by atoms with van der Waals surface area (Å²) < 4.78 is 0. The third-order valence-electron chi connectivity index (χ3n) is 4.87. The first kappa shape index (κ1) is 17.9. The normalized spacial score (nSPS) is 14.4. The van der Waals surface area contributed by atoms with Crippen LogP contribution in [0.2, 0.25) is 0 Å². The van der Waals surface area contributed by atoms with Crippen molar-refractivity contribution in [3.63, 3.8) is 0 Å². The van der Waals surface area contributed by atoms with Crippen molar-refractivity contribution in [2.45, 2.75) is 33.6 Å². The van der Waals surface area contributed by atoms with E-state index in [9.17, 15) is 14.4 Å². The molecule has 134 valence electrons. The van der Waals surface area contributed by atoms with Crippen molar-refractivity contribution >= 4 is 29.0 Å². The summed E-state index contributed by atoms with van der Waals surface area (Å²) >= 11 is 0. The number of benzene rings is 2. The van der Waals surface area contributed by atoms with Gasteiger partial charge >= 0.3 is 0 Å². The number of hydrogen-bond donors (Lipinski definition) is 2. The molecule has 0 heterocycles. The van der Waals surface area contributed by atoms with E-state index in [0.717, 1.165) is 16.8 Å². The van der Waals surface area contributed by atoms with Crippen molar-refractivity contribution in [1.82, 2.24) is 0 Å². The van der Waals surface area contributed by atoms with Gasteiger partial charge in [0.1, 0.15) is 5.41 Å². The Kier molecular flexibility index (Phi) is 4.64. The topological polar surface area (TPSA) is 75.3 Å². The number of Topliss-reactive ketones (excluding diaryl/α,β-unsaturated/α-hetero) is 1. The van der Waals surface area contributed by atoms with E-state index in [4.69, 9.17) is 0 Å². The highest BCUT2D eigenvalue weighted by molar-refractivity contribution is 6.17. The van der Waals surface area contributed by atoms with Gasteiger partial charge in [0.15, 0.2) is 5.78 Å². The Morgan fingerprint density at radius 1 is 0.885 bits per heavy atom. The molecule has 2 amide bonds. The lowest BCUT2D eigenvalue weighted by atomic mass is 10.0. The van der Waals surface area contributed by atoms with Gasteiger partial charge in [0.25, 0.3) is 0 Å². The van der Waals surface area contributed by atoms with Crippen LogP contribution in [0.4, 0.5) is 11.4 Å². The highest BCUT2D eigenvalue weighted by atomic mass is 16.2. The average Bonchev–Trinajstić information content (AvgIpc) is 3.40. The van der Waals surface area contributed by atoms with Gasteiger partial charge in [0, 0.05) is 16.9 Å². The fourth-order valence-corrected chi connectivity index (χ4v) is 2.99. The minimum absolute atomic E-state index is 0.0741. The van der Waals surface area contributed by atoms with Gasteiger partial charge in [-0.1, -0.05) is 30.3 Å². The Hall–Kier alpha value is -2.95. The van der Waals surface area contributed by atoms with E-state index in [1.165, 1.54) is 6.92 Å². The van der Waals surface area contributed by atoms with Crippen LogP contribution in [-0.4, -0.2) is 17.6 Å². The predicted octanol–water partition coefficient (Wildman–Crippen LogP) is 3.86. The average molecular weight is 350 g/mol. The third-order valence-corrected chi connectivity index (χ3v) is 4.87. The number of carbonyl (C=O) groups excluding carboxylic acids is 3. The van der Waals surface area contributed by atoms with E-state index < -0.39 is 5.41 Å². The lowest BCUT2D eigenvalue weighted by Crippen LogP contribution is -2.36. The summed E-state index contributed by atoms with van der Waals surface area (Å²) in [5, 5.41) is 5.71. The van der Waals surface area contributed by atoms with E-state index in [1.54, 1.807) is 24.3 Å². The molecule has 0 radical (unpaired) electrons. The summed E-state index contributed by atoms with van der Waals surface area (Å²) in [5.41, 5.74) is 2.69. The summed E-state index contributed by atoms with van der Waals surface area (Å²) in [4.78, 5) is 37.0. The monoisotopic (exact) mass is 350 g/mol. The molecular weight excluding hydrogens is 328 g/mol. The molecule has 2 N–H and O–H groups in total. The van der Waals surface area contributed by atoms with E-state index in [2.05, 4.69) is 10.6 Å². The fourth-order valence-electron chi connectivity index (χ4n) is 2.99. The first-order chi connectivity index (χ1) is 12.3. The van der Waals surface area contributed by atoms with Gasteiger partial charge in [-0.15, -0.1) is 0 Å². The van der Waals surface area contributed by atoms with Crippen molar-refractivity contribution in [3.05, 3.63) is 59.2 Å². The molecule has 0 saturated heterocycles. The lowest BCUT2D eigenvalue weighted by molar-refractivity contribution is -0.131. The molecule has 5 heteroatoms. The van der Waals surface area contributed by atoms with Gasteiger partial charge in [-0.3, -0.25) is 14.4 Å². The number of amides is 2. The molecule has 0 atom stereocenters. The van der Waals surface area contributed by atoms with Gasteiger partial charge in [-0.05, 0) is 56.9 Å². The molecule has 2 aromatic carbocycles. The molecule has 0 bridgehead atoms. The van der Waals surface area contributed by atoms with Crippen molar-refractivity contribution in [2.24, 2.45) is 5.41 Å². The van der Waals surface area contributed by atoms with Crippen LogP contribution in [0.1, 0.15) is 41.3 Å². The second-order valence-corrected chi connectivity index (χ2v) is 6.89. The minimum Gasteiger partial charge on any atom is -0.325 e. The Bertz CT molecular complexity index is 878. The Morgan fingerprint density at radius 3 is 2.04 bits per heavy atom. The molecular formula is C21H22N2O3. The number of ketones is 1. The van der Waals surface area contributed by atoms with Crippen LogP contribution in [0.3, 0.4) is 0 Å². The number of nitrogens with one attached hydrogen (secondary N) is 2. The SMILES string of the molecule is CC(=O)c1cccc(NC(=O)C2(C(=O)Nc3c(C)cccc3C)CC2)c1. The Labute approximate surface area is 152 Å². The molecule has 1 aliphatic carbocycles. The van der Waals surface area contributed by atoms with Crippen LogP contribution in [0, 0.1) is 19.3 Å². The van der Waals surface area contributed by atoms with Crippen LogP contribution >= 0.6 is 0 Å². The molecule has 0 unspecified atom stereocenters. The van der Waals surface area contributed by atoms with Gasteiger partial charge in [0.05, 0.1) is 0 Å². The Balaban J connectivity index is 1.76. The molecule has 0 spiro atoms. The standard InChI is InChI=1S/C21H22N2O3/c1-13-6-4-7-14(2)18(13)23-20(26)21(10-11-21)19(25)22-17-9-5-8-16(12-17)15(3)24/h4-9,12H,10-11H2,1-3H3,(H,22,25)(H,23,26). The van der Waals surface area contributed by atoms with Crippen molar-refractivity contribution < 1.29 is 14.4 Å². The maximum absolute atomic E-state index is 12.8. The zero-order valence-electron chi connectivity index (χ0n) is 15.2. The molecule has 0 aliphatic heterocycles. The van der Waals surface area contributed by atoms with Crippen LogP contribution < -0.4 is 10.6 Å². The van der Waals surface area contributed by atoms with Gasteiger partial charge in [-0.25, -0.2) is 0 Å². The maximum Gasteiger partial charge on any atom is 0.240 e. The summed E-state index contributed by atoms with van der Waals surface area (Å²) in [5.74, 6) is -0.688. The smallest absolute Gasteiger partial charge is 0.240 e. The summed E-state index contributed by atoms with van der Waals surface area (Å²) in [7, 11) is 0. The van der Waals surface area contributed by atoms with E-state index >= 15 is 0 Å². The van der Waals surface area contributed by atoms with Crippen molar-refractivity contribution in [1.29, 1.82) is 0 Å². The van der Waals surface area contributed by atoms with E-state index in [1.807, 2.05) is 32.0 Å². The molecule has 1 saturated carbocycles.